The van der Waals surface area contributed by atoms with E-state index in [1.807, 2.05) is 0 Å². The molecule has 7 nitrogen and oxygen atoms in total. The minimum Gasteiger partial charge on any atom is -0.278 e. The van der Waals surface area contributed by atoms with Gasteiger partial charge in [0.1, 0.15) is 0 Å². The van der Waals surface area contributed by atoms with Gasteiger partial charge in [0.15, 0.2) is 0 Å². The van der Waals surface area contributed by atoms with Crippen LogP contribution in [0.4, 0.5) is 5.88 Å². The average Bonchev–Trinajstić information content (AvgIpc) is 2.68. The maximum Gasteiger partial charge on any atom is 0.321 e. The number of nitrogens with zero attached hydrogens (tertiary/aromatic N) is 4. The average molecular weight is 198 g/mol. The molecule has 1 aromatic heterocycles. The zero-order chi connectivity index (χ0) is 9.80. The quantitative estimate of drug-likeness (QED) is 0.426. The van der Waals surface area contributed by atoms with Gasteiger partial charge in [0.05, 0.1) is 23.2 Å². The van der Waals surface area contributed by atoms with E-state index >= 15 is 0 Å². The first-order valence-corrected chi connectivity index (χ1v) is 4.62. The van der Waals surface area contributed by atoms with Crippen LogP contribution >= 0.6 is 0 Å². The lowest BCUT2D eigenvalue weighted by Crippen LogP contribution is -2.60. The summed E-state index contributed by atoms with van der Waals surface area (Å²) in [6.45, 7) is 1.93. The minimum absolute atomic E-state index is 0.255. The molecule has 7 heteroatoms. The summed E-state index contributed by atoms with van der Waals surface area (Å²) in [5.74, 6) is 0.255. The first-order chi connectivity index (χ1) is 6.90. The lowest BCUT2D eigenvalue weighted by atomic mass is 10.2. The van der Waals surface area contributed by atoms with E-state index in [4.69, 9.17) is 4.52 Å². The highest BCUT2D eigenvalue weighted by Crippen LogP contribution is 2.05. The number of aromatic nitrogens is 2. The molecule has 1 aliphatic heterocycles. The summed E-state index contributed by atoms with van der Waals surface area (Å²) >= 11 is 0. The predicted molar refractivity (Wildman–Crippen MR) is 47.9 cm³/mol. The number of hydrogen-bond acceptors (Lipinski definition) is 5. The Morgan fingerprint density at radius 1 is 1.50 bits per heavy atom. The molecular formula is C7H12N5O2+. The SMILES string of the molecule is O=NNc1c[n+](N2CCCCC2)no1. The van der Waals surface area contributed by atoms with E-state index in [1.165, 1.54) is 6.42 Å². The fourth-order valence-corrected chi connectivity index (χ4v) is 1.55. The van der Waals surface area contributed by atoms with Crippen molar-refractivity contribution in [3.8, 4) is 0 Å². The highest BCUT2D eigenvalue weighted by atomic mass is 16.5. The summed E-state index contributed by atoms with van der Waals surface area (Å²) in [6.07, 6.45) is 5.19. The molecule has 0 radical (unpaired) electrons. The van der Waals surface area contributed by atoms with Gasteiger partial charge in [0.2, 0.25) is 5.27 Å². The number of nitroso groups, excluding NO2 is 1. The van der Waals surface area contributed by atoms with E-state index in [-0.39, 0.29) is 5.88 Å². The summed E-state index contributed by atoms with van der Waals surface area (Å²) in [6, 6.07) is 0. The normalized spacial score (nSPS) is 16.7. The first-order valence-electron chi connectivity index (χ1n) is 4.62. The molecule has 0 saturated carbocycles. The van der Waals surface area contributed by atoms with E-state index in [0.717, 1.165) is 25.9 Å². The van der Waals surface area contributed by atoms with Gasteiger partial charge in [0.25, 0.3) is 6.20 Å². The van der Waals surface area contributed by atoms with Crippen LogP contribution in [0.3, 0.4) is 0 Å². The maximum absolute atomic E-state index is 9.89. The summed E-state index contributed by atoms with van der Waals surface area (Å²) in [5, 5.41) is 8.32. The molecule has 2 rings (SSSR count). The van der Waals surface area contributed by atoms with Crippen molar-refractivity contribution in [2.24, 2.45) is 5.29 Å². The van der Waals surface area contributed by atoms with Crippen molar-refractivity contribution in [1.82, 2.24) is 5.27 Å². The van der Waals surface area contributed by atoms with E-state index in [1.54, 1.807) is 11.0 Å². The maximum atomic E-state index is 9.89. The standard InChI is InChI=1S/C7H11N5O2/c13-9-8-7-6-12(10-14-7)11-4-2-1-3-5-11/h6H,1-5H2/p+1. The number of hydrogen-bond donors (Lipinski definition) is 1. The van der Waals surface area contributed by atoms with E-state index in [0.29, 0.717) is 0 Å². The van der Waals surface area contributed by atoms with E-state index < -0.39 is 0 Å². The van der Waals surface area contributed by atoms with Crippen molar-refractivity contribution in [1.29, 1.82) is 0 Å². The van der Waals surface area contributed by atoms with Gasteiger partial charge in [-0.2, -0.15) is 5.01 Å². The fourth-order valence-electron chi connectivity index (χ4n) is 1.55. The molecule has 1 aromatic rings. The molecular weight excluding hydrogens is 186 g/mol. The molecule has 0 spiro atoms. The molecule has 0 aliphatic carbocycles. The molecule has 76 valence electrons. The van der Waals surface area contributed by atoms with Crippen molar-refractivity contribution < 1.29 is 9.31 Å². The van der Waals surface area contributed by atoms with Gasteiger partial charge in [-0.3, -0.25) is 4.52 Å². The van der Waals surface area contributed by atoms with Crippen molar-refractivity contribution in [3.05, 3.63) is 11.1 Å². The molecule has 1 fully saturated rings. The second-order valence-corrected chi connectivity index (χ2v) is 3.20. The zero-order valence-corrected chi connectivity index (χ0v) is 7.72. The number of nitrogens with one attached hydrogen (secondary N) is 1. The van der Waals surface area contributed by atoms with Crippen LogP contribution in [0, 0.1) is 4.91 Å². The molecule has 0 amide bonds. The summed E-state index contributed by atoms with van der Waals surface area (Å²) in [7, 11) is 0. The van der Waals surface area contributed by atoms with Crippen LogP contribution in [0.25, 0.3) is 0 Å². The van der Waals surface area contributed by atoms with Crippen molar-refractivity contribution in [2.45, 2.75) is 19.3 Å². The summed E-state index contributed by atoms with van der Waals surface area (Å²) < 4.78 is 4.82. The molecule has 14 heavy (non-hydrogen) atoms. The second-order valence-electron chi connectivity index (χ2n) is 3.20. The molecule has 2 heterocycles. The smallest absolute Gasteiger partial charge is 0.278 e. The molecule has 1 saturated heterocycles. The van der Waals surface area contributed by atoms with Gasteiger partial charge in [-0.25, -0.2) is 5.43 Å². The largest absolute Gasteiger partial charge is 0.321 e. The lowest BCUT2D eigenvalue weighted by Gasteiger charge is -2.17. The summed E-state index contributed by atoms with van der Waals surface area (Å²) in [4.78, 5) is 11.5. The molecule has 0 aromatic carbocycles. The monoisotopic (exact) mass is 198 g/mol. The first kappa shape index (κ1) is 8.92. The van der Waals surface area contributed by atoms with Crippen LogP contribution in [-0.4, -0.2) is 18.4 Å². The van der Waals surface area contributed by atoms with Gasteiger partial charge in [-0.15, -0.1) is 4.91 Å². The minimum atomic E-state index is 0.255. The third-order valence-electron chi connectivity index (χ3n) is 2.23. The molecule has 0 atom stereocenters. The lowest BCUT2D eigenvalue weighted by molar-refractivity contribution is -0.759. The highest BCUT2D eigenvalue weighted by molar-refractivity contribution is 5.20. The number of rotatable bonds is 3. The van der Waals surface area contributed by atoms with Crippen LogP contribution in [0.2, 0.25) is 0 Å². The Morgan fingerprint density at radius 3 is 3.00 bits per heavy atom. The third kappa shape index (κ3) is 1.81. The van der Waals surface area contributed by atoms with Crippen molar-refractivity contribution >= 4 is 5.88 Å². The second kappa shape index (κ2) is 4.03. The Bertz CT molecular complexity index is 307. The Morgan fingerprint density at radius 2 is 2.29 bits per heavy atom. The Hall–Kier alpha value is -1.66. The number of piperidine rings is 1. The van der Waals surface area contributed by atoms with Gasteiger partial charge in [0, 0.05) is 0 Å². The van der Waals surface area contributed by atoms with E-state index in [9.17, 15) is 4.91 Å². The summed E-state index contributed by atoms with van der Waals surface area (Å²) in [5.41, 5.74) is 2.16. The molecule has 0 bridgehead atoms. The van der Waals surface area contributed by atoms with Crippen molar-refractivity contribution in [3.63, 3.8) is 0 Å². The van der Waals surface area contributed by atoms with Crippen LogP contribution in [0.15, 0.2) is 16.0 Å². The topological polar surface area (TPSA) is 74.6 Å². The number of anilines is 1. The Labute approximate surface area is 80.6 Å². The molecule has 1 N–H and O–H groups in total. The van der Waals surface area contributed by atoms with Gasteiger partial charge in [-0.1, -0.05) is 0 Å². The third-order valence-corrected chi connectivity index (χ3v) is 2.23. The predicted octanol–water partition coefficient (Wildman–Crippen LogP) is 0.177. The van der Waals surface area contributed by atoms with Crippen molar-refractivity contribution in [2.75, 3.05) is 23.5 Å². The van der Waals surface area contributed by atoms with Crippen LogP contribution in [0.5, 0.6) is 0 Å². The fraction of sp³-hybridized carbons (Fsp3) is 0.714. The van der Waals surface area contributed by atoms with Gasteiger partial charge >= 0.3 is 5.88 Å². The van der Waals surface area contributed by atoms with Crippen LogP contribution < -0.4 is 15.2 Å². The molecule has 0 unspecified atom stereocenters. The van der Waals surface area contributed by atoms with Gasteiger partial charge < -0.3 is 0 Å². The van der Waals surface area contributed by atoms with Crippen LogP contribution in [-0.2, 0) is 0 Å². The molecule has 1 aliphatic rings. The highest BCUT2D eigenvalue weighted by Gasteiger charge is 2.22. The zero-order valence-electron chi connectivity index (χ0n) is 7.72. The Kier molecular flexibility index (Phi) is 2.57. The van der Waals surface area contributed by atoms with Crippen LogP contribution in [0.1, 0.15) is 19.3 Å². The van der Waals surface area contributed by atoms with Gasteiger partial charge in [-0.05, 0) is 19.3 Å². The Balaban J connectivity index is 2.03. The van der Waals surface area contributed by atoms with E-state index in [2.05, 4.69) is 21.0 Å².